The van der Waals surface area contributed by atoms with Crippen LogP contribution in [0.5, 0.6) is 11.5 Å². The lowest BCUT2D eigenvalue weighted by Gasteiger charge is -2.33. The van der Waals surface area contributed by atoms with E-state index in [-0.39, 0.29) is 41.4 Å². The summed E-state index contributed by atoms with van der Waals surface area (Å²) in [6.45, 7) is 1.54. The maximum Gasteiger partial charge on any atom is 0.420 e. The van der Waals surface area contributed by atoms with Gasteiger partial charge in [0.15, 0.2) is 0 Å². The van der Waals surface area contributed by atoms with Gasteiger partial charge in [0.05, 0.1) is 11.5 Å². The Morgan fingerprint density at radius 3 is 2.34 bits per heavy atom. The van der Waals surface area contributed by atoms with Crippen LogP contribution in [0.15, 0.2) is 71.3 Å². The van der Waals surface area contributed by atoms with E-state index in [4.69, 9.17) is 9.26 Å². The number of fused-ring (bicyclic) bond motifs is 1. The third kappa shape index (κ3) is 6.08. The van der Waals surface area contributed by atoms with Crippen molar-refractivity contribution < 1.29 is 32.3 Å². The zero-order chi connectivity index (χ0) is 27.9. The van der Waals surface area contributed by atoms with Crippen LogP contribution in [0.25, 0.3) is 22.8 Å². The molecule has 0 saturated heterocycles. The second-order valence-corrected chi connectivity index (χ2v) is 10.3. The number of nitrogens with zero attached hydrogens (tertiary/aromatic N) is 3. The van der Waals surface area contributed by atoms with Crippen molar-refractivity contribution in [3.8, 4) is 34.3 Å². The molecule has 0 atom stereocenters. The summed E-state index contributed by atoms with van der Waals surface area (Å²) in [5.41, 5.74) is 2.23. The fourth-order valence-corrected chi connectivity index (χ4v) is 5.55. The number of alkyl halides is 3. The fraction of sp³-hybridized carbons (Fsp3) is 0.300. The van der Waals surface area contributed by atoms with Crippen LogP contribution in [0.3, 0.4) is 0 Å². The number of aliphatic carboxylic acids is 1. The topological polar surface area (TPSA) is 88.7 Å². The number of rotatable bonds is 6. The molecular weight excluding hydrogens is 559 g/mol. The van der Waals surface area contributed by atoms with Gasteiger partial charge >= 0.3 is 12.1 Å². The number of hydrogen-bond acceptors (Lipinski definition) is 6. The molecular formula is C30H27ClF3N3O4. The number of benzene rings is 3. The summed E-state index contributed by atoms with van der Waals surface area (Å²) in [6, 6.07) is 18.2. The first kappa shape index (κ1) is 28.6. The highest BCUT2D eigenvalue weighted by Crippen LogP contribution is 2.41. The number of ether oxygens (including phenoxy) is 1. The number of carboxylic acid groups (broad SMARTS) is 1. The standard InChI is InChI=1S/C30H26F3N3O4.ClH/c31-30(32,33)25-15-20(10-13-26(25)39-24-4-2-1-3-5-24)28-34-27(35-40-28)19-6-7-21-16-36(17-22(21)14-19)23-11-8-18(9-12-23)29(37)38;/h1-7,10,13-15,18,23H,8-9,11-12,16-17H2,(H,37,38);1H. The Morgan fingerprint density at radius 2 is 1.63 bits per heavy atom. The summed E-state index contributed by atoms with van der Waals surface area (Å²) in [7, 11) is 0. The predicted octanol–water partition coefficient (Wildman–Crippen LogP) is 7.60. The molecule has 1 aliphatic heterocycles. The van der Waals surface area contributed by atoms with Gasteiger partial charge in [-0.15, -0.1) is 12.4 Å². The molecule has 1 aliphatic carbocycles. The highest BCUT2D eigenvalue weighted by Gasteiger charge is 2.36. The lowest BCUT2D eigenvalue weighted by Crippen LogP contribution is -2.35. The number of carboxylic acids is 1. The van der Waals surface area contributed by atoms with Crippen LogP contribution in [0, 0.1) is 5.92 Å². The summed E-state index contributed by atoms with van der Waals surface area (Å²) in [4.78, 5) is 18.1. The van der Waals surface area contributed by atoms with Crippen molar-refractivity contribution in [2.75, 3.05) is 0 Å². The Bertz CT molecular complexity index is 1540. The van der Waals surface area contributed by atoms with Gasteiger partial charge in [-0.25, -0.2) is 0 Å². The van der Waals surface area contributed by atoms with Gasteiger partial charge in [0.1, 0.15) is 11.5 Å². The molecule has 2 heterocycles. The van der Waals surface area contributed by atoms with Gasteiger partial charge in [-0.3, -0.25) is 9.69 Å². The van der Waals surface area contributed by atoms with E-state index in [1.807, 2.05) is 18.2 Å². The number of halogens is 4. The zero-order valence-electron chi connectivity index (χ0n) is 21.8. The maximum absolute atomic E-state index is 13.9. The number of aromatic nitrogens is 2. The molecule has 0 amide bonds. The Kier molecular flexibility index (Phi) is 8.06. The summed E-state index contributed by atoms with van der Waals surface area (Å²) in [5.74, 6) is -0.718. The summed E-state index contributed by atoms with van der Waals surface area (Å²) < 4.78 is 52.5. The Morgan fingerprint density at radius 1 is 0.927 bits per heavy atom. The third-order valence-electron chi connectivity index (χ3n) is 7.70. The molecule has 0 spiro atoms. The van der Waals surface area contributed by atoms with Crippen molar-refractivity contribution in [2.24, 2.45) is 5.92 Å². The van der Waals surface area contributed by atoms with Crippen LogP contribution < -0.4 is 4.74 Å². The van der Waals surface area contributed by atoms with Gasteiger partial charge < -0.3 is 14.4 Å². The van der Waals surface area contributed by atoms with Gasteiger partial charge in [0.2, 0.25) is 5.82 Å². The van der Waals surface area contributed by atoms with Crippen molar-refractivity contribution in [1.82, 2.24) is 15.0 Å². The molecule has 0 bridgehead atoms. The van der Waals surface area contributed by atoms with Crippen LogP contribution in [0.2, 0.25) is 0 Å². The molecule has 1 N–H and O–H groups in total. The Balaban J connectivity index is 0.00000337. The highest BCUT2D eigenvalue weighted by atomic mass is 35.5. The molecule has 6 rings (SSSR count). The van der Waals surface area contributed by atoms with E-state index in [1.54, 1.807) is 30.3 Å². The van der Waals surface area contributed by atoms with Gasteiger partial charge in [-0.05, 0) is 73.2 Å². The Hall–Kier alpha value is -3.89. The number of para-hydroxylation sites is 1. The van der Waals surface area contributed by atoms with Crippen LogP contribution >= 0.6 is 12.4 Å². The maximum atomic E-state index is 13.9. The van der Waals surface area contributed by atoms with Gasteiger partial charge in [0.25, 0.3) is 5.89 Å². The molecule has 7 nitrogen and oxygen atoms in total. The highest BCUT2D eigenvalue weighted by molar-refractivity contribution is 5.85. The van der Waals surface area contributed by atoms with Crippen LogP contribution in [-0.2, 0) is 24.1 Å². The second-order valence-electron chi connectivity index (χ2n) is 10.3. The van der Waals surface area contributed by atoms with Gasteiger partial charge in [0, 0.05) is 30.3 Å². The molecule has 3 aromatic carbocycles. The van der Waals surface area contributed by atoms with Gasteiger partial charge in [-0.1, -0.05) is 35.5 Å². The quantitative estimate of drug-likeness (QED) is 0.249. The average molecular weight is 586 g/mol. The van der Waals surface area contributed by atoms with E-state index in [9.17, 15) is 23.1 Å². The summed E-state index contributed by atoms with van der Waals surface area (Å²) in [5, 5.41) is 13.3. The van der Waals surface area contributed by atoms with E-state index in [1.165, 1.54) is 17.7 Å². The molecule has 0 unspecified atom stereocenters. The van der Waals surface area contributed by atoms with Crippen LogP contribution in [0.1, 0.15) is 42.4 Å². The normalized spacial score (nSPS) is 18.9. The average Bonchev–Trinajstić information content (AvgIpc) is 3.61. The Labute approximate surface area is 240 Å². The molecule has 2 aliphatic rings. The molecule has 0 radical (unpaired) electrons. The number of carbonyl (C=O) groups is 1. The summed E-state index contributed by atoms with van der Waals surface area (Å²) in [6.07, 6.45) is -1.54. The van der Waals surface area contributed by atoms with E-state index in [2.05, 4.69) is 15.0 Å². The first-order chi connectivity index (χ1) is 19.2. The monoisotopic (exact) mass is 585 g/mol. The largest absolute Gasteiger partial charge is 0.481 e. The predicted molar refractivity (Wildman–Crippen MR) is 147 cm³/mol. The molecule has 1 fully saturated rings. The zero-order valence-corrected chi connectivity index (χ0v) is 22.6. The van der Waals surface area contributed by atoms with E-state index in [0.29, 0.717) is 30.2 Å². The summed E-state index contributed by atoms with van der Waals surface area (Å²) >= 11 is 0. The lowest BCUT2D eigenvalue weighted by molar-refractivity contribution is -0.143. The SMILES string of the molecule is Cl.O=C(O)C1CCC(N2Cc3ccc(-c4noc(-c5ccc(Oc6ccccc6)c(C(F)(F)F)c5)n4)cc3C2)CC1. The smallest absolute Gasteiger partial charge is 0.420 e. The number of hydrogen-bond donors (Lipinski definition) is 1. The van der Waals surface area contributed by atoms with E-state index >= 15 is 0 Å². The molecule has 11 heteroatoms. The lowest BCUT2D eigenvalue weighted by atomic mass is 9.85. The minimum Gasteiger partial charge on any atom is -0.481 e. The van der Waals surface area contributed by atoms with Crippen molar-refractivity contribution >= 4 is 18.4 Å². The van der Waals surface area contributed by atoms with E-state index in [0.717, 1.165) is 37.6 Å². The van der Waals surface area contributed by atoms with Gasteiger partial charge in [-0.2, -0.15) is 18.2 Å². The minimum absolute atomic E-state index is 0. The second kappa shape index (κ2) is 11.5. The molecule has 4 aromatic rings. The fourth-order valence-electron chi connectivity index (χ4n) is 5.55. The first-order valence-electron chi connectivity index (χ1n) is 13.1. The molecule has 1 saturated carbocycles. The van der Waals surface area contributed by atoms with Crippen LogP contribution in [-0.4, -0.2) is 32.2 Å². The van der Waals surface area contributed by atoms with Crippen LogP contribution in [0.4, 0.5) is 13.2 Å². The third-order valence-corrected chi connectivity index (χ3v) is 7.70. The van der Waals surface area contributed by atoms with Crippen molar-refractivity contribution in [3.63, 3.8) is 0 Å². The van der Waals surface area contributed by atoms with Crippen molar-refractivity contribution in [2.45, 2.75) is 51.0 Å². The minimum atomic E-state index is -4.65. The first-order valence-corrected chi connectivity index (χ1v) is 13.1. The van der Waals surface area contributed by atoms with Crippen molar-refractivity contribution in [1.29, 1.82) is 0 Å². The van der Waals surface area contributed by atoms with E-state index < -0.39 is 17.7 Å². The van der Waals surface area contributed by atoms with Crippen molar-refractivity contribution in [3.05, 3.63) is 83.4 Å². The molecule has 214 valence electrons. The molecule has 41 heavy (non-hydrogen) atoms. The molecule has 1 aromatic heterocycles.